The number of rotatable bonds is 6. The van der Waals surface area contributed by atoms with Gasteiger partial charge < -0.3 is 5.32 Å². The number of hydrogen-bond acceptors (Lipinski definition) is 3. The summed E-state index contributed by atoms with van der Waals surface area (Å²) in [6.07, 6.45) is 4.75. The molecule has 0 saturated carbocycles. The van der Waals surface area contributed by atoms with Crippen LogP contribution in [0.2, 0.25) is 0 Å². The van der Waals surface area contributed by atoms with Crippen molar-refractivity contribution in [3.8, 4) is 0 Å². The largest absolute Gasteiger partial charge is 0.353 e. The summed E-state index contributed by atoms with van der Waals surface area (Å²) < 4.78 is 22.7. The fourth-order valence-corrected chi connectivity index (χ4v) is 2.28. The lowest BCUT2D eigenvalue weighted by molar-refractivity contribution is -0.116. The molecule has 0 aliphatic heterocycles. The van der Waals surface area contributed by atoms with E-state index in [2.05, 4.69) is 21.2 Å². The molecular weight excluding hydrogens is 330 g/mol. The molecule has 0 aromatic heterocycles. The molecule has 1 aromatic carbocycles. The van der Waals surface area contributed by atoms with Crippen molar-refractivity contribution in [3.63, 3.8) is 0 Å². The SMILES string of the molecule is CS(=O)(=O)CCCNC(=O)/C=C\c1ccc(Br)cc1. The molecule has 6 heteroatoms. The number of sulfone groups is 1. The van der Waals surface area contributed by atoms with Crippen molar-refractivity contribution in [2.24, 2.45) is 0 Å². The van der Waals surface area contributed by atoms with Crippen molar-refractivity contribution >= 4 is 37.8 Å². The summed E-state index contributed by atoms with van der Waals surface area (Å²) in [7, 11) is -2.96. The smallest absolute Gasteiger partial charge is 0.243 e. The van der Waals surface area contributed by atoms with Crippen molar-refractivity contribution in [2.45, 2.75) is 6.42 Å². The molecule has 0 radical (unpaired) electrons. The maximum absolute atomic E-state index is 11.5. The minimum atomic E-state index is -2.96. The van der Waals surface area contributed by atoms with E-state index in [1.807, 2.05) is 24.3 Å². The fourth-order valence-electron chi connectivity index (χ4n) is 1.35. The third-order valence-corrected chi connectivity index (χ3v) is 3.85. The Morgan fingerprint density at radius 3 is 2.53 bits per heavy atom. The second kappa shape index (κ2) is 7.45. The highest BCUT2D eigenvalue weighted by molar-refractivity contribution is 9.10. The van der Waals surface area contributed by atoms with E-state index in [0.717, 1.165) is 10.0 Å². The predicted molar refractivity (Wildman–Crippen MR) is 80.5 cm³/mol. The Kier molecular flexibility index (Phi) is 6.24. The van der Waals surface area contributed by atoms with Crippen LogP contribution in [0.25, 0.3) is 6.08 Å². The second-order valence-corrected chi connectivity index (χ2v) is 7.33. The number of amides is 1. The van der Waals surface area contributed by atoms with Crippen LogP contribution in [0.1, 0.15) is 12.0 Å². The molecule has 4 nitrogen and oxygen atoms in total. The monoisotopic (exact) mass is 345 g/mol. The fraction of sp³-hybridized carbons (Fsp3) is 0.308. The molecule has 19 heavy (non-hydrogen) atoms. The lowest BCUT2D eigenvalue weighted by atomic mass is 10.2. The standard InChI is InChI=1S/C13H16BrNO3S/c1-19(17,18)10-2-9-15-13(16)8-5-11-3-6-12(14)7-4-11/h3-8H,2,9-10H2,1H3,(H,15,16)/b8-5-. The maximum atomic E-state index is 11.5. The summed E-state index contributed by atoms with van der Waals surface area (Å²) in [5.41, 5.74) is 0.925. The van der Waals surface area contributed by atoms with Crippen LogP contribution in [0.15, 0.2) is 34.8 Å². The van der Waals surface area contributed by atoms with Gasteiger partial charge in [0, 0.05) is 23.3 Å². The molecule has 0 fully saturated rings. The van der Waals surface area contributed by atoms with Gasteiger partial charge in [-0.25, -0.2) is 8.42 Å². The predicted octanol–water partition coefficient (Wildman–Crippen LogP) is 2.01. The topological polar surface area (TPSA) is 63.2 Å². The zero-order valence-electron chi connectivity index (χ0n) is 10.6. The molecule has 0 saturated heterocycles. The molecule has 0 aliphatic carbocycles. The Morgan fingerprint density at radius 2 is 1.95 bits per heavy atom. The lowest BCUT2D eigenvalue weighted by Crippen LogP contribution is -2.23. The Labute approximate surface area is 122 Å². The summed E-state index contributed by atoms with van der Waals surface area (Å²) >= 11 is 3.33. The quantitative estimate of drug-likeness (QED) is 0.633. The van der Waals surface area contributed by atoms with E-state index in [-0.39, 0.29) is 11.7 Å². The summed E-state index contributed by atoms with van der Waals surface area (Å²) in [5.74, 6) is -0.139. The number of carbonyl (C=O) groups excluding carboxylic acids is 1. The highest BCUT2D eigenvalue weighted by Crippen LogP contribution is 2.11. The van der Waals surface area contributed by atoms with E-state index in [4.69, 9.17) is 0 Å². The second-order valence-electron chi connectivity index (χ2n) is 4.16. The Balaban J connectivity index is 2.33. The molecule has 0 atom stereocenters. The van der Waals surface area contributed by atoms with E-state index >= 15 is 0 Å². The van der Waals surface area contributed by atoms with Gasteiger partial charge in [-0.3, -0.25) is 4.79 Å². The van der Waals surface area contributed by atoms with Crippen molar-refractivity contribution in [1.82, 2.24) is 5.32 Å². The molecule has 0 aliphatic rings. The molecule has 0 spiro atoms. The first-order valence-electron chi connectivity index (χ1n) is 5.76. The third kappa shape index (κ3) is 7.79. The molecular formula is C13H16BrNO3S. The summed E-state index contributed by atoms with van der Waals surface area (Å²) in [6.45, 7) is 0.358. The molecule has 1 N–H and O–H groups in total. The van der Waals surface area contributed by atoms with Crippen LogP contribution in [0, 0.1) is 0 Å². The minimum absolute atomic E-state index is 0.0870. The lowest BCUT2D eigenvalue weighted by Gasteiger charge is -2.01. The first kappa shape index (κ1) is 15.9. The van der Waals surface area contributed by atoms with Crippen molar-refractivity contribution in [1.29, 1.82) is 0 Å². The Hall–Kier alpha value is -1.14. The molecule has 0 unspecified atom stereocenters. The van der Waals surface area contributed by atoms with Crippen molar-refractivity contribution in [3.05, 3.63) is 40.4 Å². The van der Waals surface area contributed by atoms with E-state index < -0.39 is 9.84 Å². The maximum Gasteiger partial charge on any atom is 0.243 e. The van der Waals surface area contributed by atoms with Gasteiger partial charge in [0.25, 0.3) is 0 Å². The number of nitrogens with one attached hydrogen (secondary N) is 1. The van der Waals surface area contributed by atoms with Gasteiger partial charge in [0.2, 0.25) is 5.91 Å². The van der Waals surface area contributed by atoms with Gasteiger partial charge in [0.15, 0.2) is 0 Å². The number of carbonyl (C=O) groups is 1. The Bertz CT molecular complexity index is 550. The number of halogens is 1. The van der Waals surface area contributed by atoms with Crippen LogP contribution < -0.4 is 5.32 Å². The van der Waals surface area contributed by atoms with E-state index in [0.29, 0.717) is 13.0 Å². The molecule has 0 bridgehead atoms. The molecule has 1 aromatic rings. The van der Waals surface area contributed by atoms with Crippen molar-refractivity contribution < 1.29 is 13.2 Å². The van der Waals surface area contributed by atoms with E-state index in [1.54, 1.807) is 6.08 Å². The third-order valence-electron chi connectivity index (χ3n) is 2.29. The molecule has 1 amide bonds. The van der Waals surface area contributed by atoms with Gasteiger partial charge in [0.1, 0.15) is 9.84 Å². The molecule has 104 valence electrons. The summed E-state index contributed by atoms with van der Waals surface area (Å²) in [4.78, 5) is 11.5. The molecule has 0 heterocycles. The van der Waals surface area contributed by atoms with Gasteiger partial charge in [-0.1, -0.05) is 28.1 Å². The summed E-state index contributed by atoms with van der Waals surface area (Å²) in [6, 6.07) is 7.56. The number of hydrogen-bond donors (Lipinski definition) is 1. The van der Waals surface area contributed by atoms with E-state index in [9.17, 15) is 13.2 Å². The summed E-state index contributed by atoms with van der Waals surface area (Å²) in [5, 5.41) is 2.64. The van der Waals surface area contributed by atoms with E-state index in [1.165, 1.54) is 12.3 Å². The highest BCUT2D eigenvalue weighted by atomic mass is 79.9. The molecule has 1 rings (SSSR count). The zero-order chi connectivity index (χ0) is 14.3. The van der Waals surface area contributed by atoms with Gasteiger partial charge in [-0.15, -0.1) is 0 Å². The van der Waals surface area contributed by atoms with Crippen LogP contribution in [-0.4, -0.2) is 32.9 Å². The van der Waals surface area contributed by atoms with Gasteiger partial charge in [-0.2, -0.15) is 0 Å². The van der Waals surface area contributed by atoms with Crippen molar-refractivity contribution in [2.75, 3.05) is 18.6 Å². The van der Waals surface area contributed by atoms with Gasteiger partial charge in [-0.05, 0) is 30.2 Å². The van der Waals surface area contributed by atoms with Crippen LogP contribution >= 0.6 is 15.9 Å². The van der Waals surface area contributed by atoms with Gasteiger partial charge >= 0.3 is 0 Å². The number of benzene rings is 1. The zero-order valence-corrected chi connectivity index (χ0v) is 13.0. The average molecular weight is 346 g/mol. The normalized spacial score (nSPS) is 11.7. The first-order chi connectivity index (χ1) is 8.87. The Morgan fingerprint density at radius 1 is 1.32 bits per heavy atom. The van der Waals surface area contributed by atoms with Crippen LogP contribution in [0.5, 0.6) is 0 Å². The average Bonchev–Trinajstić information content (AvgIpc) is 2.33. The highest BCUT2D eigenvalue weighted by Gasteiger charge is 2.01. The van der Waals surface area contributed by atoms with Crippen LogP contribution in [0.4, 0.5) is 0 Å². The van der Waals surface area contributed by atoms with Crippen LogP contribution in [0.3, 0.4) is 0 Å². The van der Waals surface area contributed by atoms with Crippen LogP contribution in [-0.2, 0) is 14.6 Å². The van der Waals surface area contributed by atoms with Gasteiger partial charge in [0.05, 0.1) is 5.75 Å². The minimum Gasteiger partial charge on any atom is -0.353 e. The first-order valence-corrected chi connectivity index (χ1v) is 8.61.